The molecular formula is C9H16N2. The fourth-order valence-electron chi connectivity index (χ4n) is 1.16. The van der Waals surface area contributed by atoms with Gasteiger partial charge in [0.05, 0.1) is 0 Å². The molecule has 2 aliphatic rings. The standard InChI is InChI=1S/C8H8.CH5N.H3N/c1-2-8-5-3-7(1)4-6-8;1-2;/h1-3,5H,4,6H2;2H2,1H3;1H3. The molecule has 0 aromatic heterocycles. The Hall–Kier alpha value is -0.860. The first-order valence-corrected chi connectivity index (χ1v) is 3.61. The van der Waals surface area contributed by atoms with Gasteiger partial charge in [0.15, 0.2) is 0 Å². The van der Waals surface area contributed by atoms with E-state index in [2.05, 4.69) is 30.0 Å². The molecule has 2 heteroatoms. The van der Waals surface area contributed by atoms with Gasteiger partial charge in [-0.15, -0.1) is 0 Å². The van der Waals surface area contributed by atoms with Crippen LogP contribution in [0.2, 0.25) is 0 Å². The molecule has 0 amide bonds. The molecule has 11 heavy (non-hydrogen) atoms. The van der Waals surface area contributed by atoms with Gasteiger partial charge in [-0.2, -0.15) is 0 Å². The lowest BCUT2D eigenvalue weighted by Crippen LogP contribution is -1.97. The molecule has 3 rings (SSSR count). The maximum absolute atomic E-state index is 4.50. The topological polar surface area (TPSA) is 61.0 Å². The van der Waals surface area contributed by atoms with Gasteiger partial charge in [0.2, 0.25) is 0 Å². The molecule has 0 fully saturated rings. The Morgan fingerprint density at radius 2 is 1.18 bits per heavy atom. The summed E-state index contributed by atoms with van der Waals surface area (Å²) in [6, 6.07) is 8.83. The number of rotatable bonds is 0. The molecular weight excluding hydrogens is 136 g/mol. The lowest BCUT2D eigenvalue weighted by atomic mass is 9.97. The van der Waals surface area contributed by atoms with Crippen LogP contribution >= 0.6 is 0 Å². The van der Waals surface area contributed by atoms with Crippen LogP contribution in [0, 0.1) is 0 Å². The quantitative estimate of drug-likeness (QED) is 0.592. The minimum absolute atomic E-state index is 0. The maximum Gasteiger partial charge on any atom is -0.0195 e. The highest BCUT2D eigenvalue weighted by molar-refractivity contribution is 5.28. The smallest absolute Gasteiger partial charge is 0.0195 e. The summed E-state index contributed by atoms with van der Waals surface area (Å²) in [5.74, 6) is 0. The number of benzene rings is 1. The molecule has 1 aromatic rings. The Labute approximate surface area is 68.0 Å². The van der Waals surface area contributed by atoms with Crippen molar-refractivity contribution in [1.82, 2.24) is 6.15 Å². The molecule has 0 atom stereocenters. The summed E-state index contributed by atoms with van der Waals surface area (Å²) in [5.41, 5.74) is 7.47. The average Bonchev–Trinajstić information content (AvgIpc) is 2.11. The largest absolute Gasteiger partial charge is 0.344 e. The molecule has 2 nitrogen and oxygen atoms in total. The first-order valence-electron chi connectivity index (χ1n) is 3.61. The fourth-order valence-corrected chi connectivity index (χ4v) is 1.16. The third kappa shape index (κ3) is 2.33. The molecule has 2 aliphatic carbocycles. The van der Waals surface area contributed by atoms with Crippen molar-refractivity contribution in [2.24, 2.45) is 5.73 Å². The third-order valence-corrected chi connectivity index (χ3v) is 1.73. The number of fused-ring (bicyclic) bond motifs is 3. The Bertz CT molecular complexity index is 168. The van der Waals surface area contributed by atoms with E-state index in [9.17, 15) is 0 Å². The highest BCUT2D eigenvalue weighted by atomic mass is 14.4. The second-order valence-corrected chi connectivity index (χ2v) is 2.32. The highest BCUT2D eigenvalue weighted by Crippen LogP contribution is 2.14. The zero-order valence-electron chi connectivity index (χ0n) is 7.01. The number of aryl methyl sites for hydroxylation is 2. The second kappa shape index (κ2) is 4.88. The van der Waals surface area contributed by atoms with Crippen molar-refractivity contribution < 1.29 is 0 Å². The molecule has 0 unspecified atom stereocenters. The van der Waals surface area contributed by atoms with E-state index in [0.29, 0.717) is 0 Å². The van der Waals surface area contributed by atoms with Gasteiger partial charge in [0.25, 0.3) is 0 Å². The molecule has 0 saturated heterocycles. The van der Waals surface area contributed by atoms with Gasteiger partial charge in [0.1, 0.15) is 0 Å². The number of hydrogen-bond donors (Lipinski definition) is 2. The summed E-state index contributed by atoms with van der Waals surface area (Å²) in [7, 11) is 1.50. The molecule has 0 aliphatic heterocycles. The van der Waals surface area contributed by atoms with Gasteiger partial charge in [-0.05, 0) is 31.0 Å². The van der Waals surface area contributed by atoms with E-state index >= 15 is 0 Å². The van der Waals surface area contributed by atoms with Crippen LogP contribution < -0.4 is 11.9 Å². The summed E-state index contributed by atoms with van der Waals surface area (Å²) in [5, 5.41) is 0. The molecule has 62 valence electrons. The van der Waals surface area contributed by atoms with Crippen molar-refractivity contribution in [1.29, 1.82) is 0 Å². The molecule has 2 bridgehead atoms. The van der Waals surface area contributed by atoms with E-state index in [1.807, 2.05) is 0 Å². The van der Waals surface area contributed by atoms with E-state index in [4.69, 9.17) is 0 Å². The molecule has 5 N–H and O–H groups in total. The normalized spacial score (nSPS) is 11.1. The molecule has 0 saturated carbocycles. The minimum Gasteiger partial charge on any atom is -0.344 e. The second-order valence-electron chi connectivity index (χ2n) is 2.32. The molecule has 0 spiro atoms. The van der Waals surface area contributed by atoms with Gasteiger partial charge in [0, 0.05) is 0 Å². The van der Waals surface area contributed by atoms with Crippen LogP contribution in [0.4, 0.5) is 0 Å². The summed E-state index contributed by atoms with van der Waals surface area (Å²) < 4.78 is 0. The zero-order chi connectivity index (χ0) is 7.40. The predicted molar refractivity (Wildman–Crippen MR) is 49.0 cm³/mol. The summed E-state index contributed by atoms with van der Waals surface area (Å²) >= 11 is 0. The first kappa shape index (κ1) is 10.1. The monoisotopic (exact) mass is 152 g/mol. The van der Waals surface area contributed by atoms with Crippen molar-refractivity contribution in [3.8, 4) is 0 Å². The summed E-state index contributed by atoms with van der Waals surface area (Å²) in [6.07, 6.45) is 2.53. The first-order chi connectivity index (χ1) is 4.95. The van der Waals surface area contributed by atoms with Gasteiger partial charge < -0.3 is 11.9 Å². The van der Waals surface area contributed by atoms with Crippen LogP contribution in [-0.4, -0.2) is 7.05 Å². The van der Waals surface area contributed by atoms with Crippen molar-refractivity contribution in [3.05, 3.63) is 35.4 Å². The Morgan fingerprint density at radius 3 is 1.27 bits per heavy atom. The van der Waals surface area contributed by atoms with Gasteiger partial charge in [-0.1, -0.05) is 24.3 Å². The van der Waals surface area contributed by atoms with E-state index in [-0.39, 0.29) is 6.15 Å². The Balaban J connectivity index is 0.000000311. The van der Waals surface area contributed by atoms with E-state index in [1.54, 1.807) is 0 Å². The van der Waals surface area contributed by atoms with Crippen LogP contribution in [0.15, 0.2) is 24.3 Å². The van der Waals surface area contributed by atoms with Crippen LogP contribution in [-0.2, 0) is 12.8 Å². The molecule has 0 radical (unpaired) electrons. The van der Waals surface area contributed by atoms with Crippen LogP contribution in [0.5, 0.6) is 0 Å². The minimum atomic E-state index is 0. The number of hydrogen-bond acceptors (Lipinski definition) is 2. The van der Waals surface area contributed by atoms with E-state index in [0.717, 1.165) is 0 Å². The lowest BCUT2D eigenvalue weighted by molar-refractivity contribution is 0.921. The molecule has 0 heterocycles. The number of nitrogens with two attached hydrogens (primary N) is 1. The van der Waals surface area contributed by atoms with Crippen molar-refractivity contribution in [3.63, 3.8) is 0 Å². The van der Waals surface area contributed by atoms with Crippen LogP contribution in [0.1, 0.15) is 11.1 Å². The van der Waals surface area contributed by atoms with Gasteiger partial charge >= 0.3 is 0 Å². The lowest BCUT2D eigenvalue weighted by Gasteiger charge is -2.09. The zero-order valence-corrected chi connectivity index (χ0v) is 7.01. The maximum atomic E-state index is 4.50. The Morgan fingerprint density at radius 1 is 0.909 bits per heavy atom. The Kier molecular flexibility index (Phi) is 4.50. The highest BCUT2D eigenvalue weighted by Gasteiger charge is 2.01. The van der Waals surface area contributed by atoms with Gasteiger partial charge in [-0.25, -0.2) is 0 Å². The van der Waals surface area contributed by atoms with Crippen molar-refractivity contribution in [2.45, 2.75) is 12.8 Å². The van der Waals surface area contributed by atoms with Gasteiger partial charge in [-0.3, -0.25) is 0 Å². The van der Waals surface area contributed by atoms with Crippen molar-refractivity contribution in [2.75, 3.05) is 7.05 Å². The van der Waals surface area contributed by atoms with Crippen molar-refractivity contribution >= 4 is 0 Å². The fraction of sp³-hybridized carbons (Fsp3) is 0.333. The predicted octanol–water partition coefficient (Wildman–Crippen LogP) is 1.52. The van der Waals surface area contributed by atoms with Crippen LogP contribution in [0.25, 0.3) is 0 Å². The third-order valence-electron chi connectivity index (χ3n) is 1.73. The summed E-state index contributed by atoms with van der Waals surface area (Å²) in [6.45, 7) is 0. The molecule has 1 aromatic carbocycles. The summed E-state index contributed by atoms with van der Waals surface area (Å²) in [4.78, 5) is 0. The SMILES string of the molecule is CN.N.c1cc2ccc1CC2. The van der Waals surface area contributed by atoms with E-state index in [1.165, 1.54) is 31.0 Å². The van der Waals surface area contributed by atoms with E-state index < -0.39 is 0 Å². The average molecular weight is 152 g/mol. The van der Waals surface area contributed by atoms with Crippen LogP contribution in [0.3, 0.4) is 0 Å².